The summed E-state index contributed by atoms with van der Waals surface area (Å²) in [5, 5.41) is 6.13. The van der Waals surface area contributed by atoms with Gasteiger partial charge in [-0.2, -0.15) is 5.10 Å². The maximum absolute atomic E-state index is 11.8. The molecule has 1 heterocycles. The van der Waals surface area contributed by atoms with Gasteiger partial charge in [0.2, 0.25) is 0 Å². The number of benzene rings is 1. The lowest BCUT2D eigenvalue weighted by atomic mass is 10.2. The number of carbonyl (C=O) groups is 1. The molecule has 0 atom stereocenters. The summed E-state index contributed by atoms with van der Waals surface area (Å²) < 4.78 is 10.4. The largest absolute Gasteiger partial charge is 0.497 e. The van der Waals surface area contributed by atoms with Crippen molar-refractivity contribution in [2.24, 2.45) is 5.10 Å². The maximum Gasteiger partial charge on any atom is 0.277 e. The van der Waals surface area contributed by atoms with Crippen molar-refractivity contribution < 1.29 is 14.3 Å². The first-order chi connectivity index (χ1) is 10.7. The first-order valence-corrected chi connectivity index (χ1v) is 7.77. The van der Waals surface area contributed by atoms with Crippen molar-refractivity contribution in [2.45, 2.75) is 13.3 Å². The third-order valence-electron chi connectivity index (χ3n) is 2.89. The summed E-state index contributed by atoms with van der Waals surface area (Å²) in [6.45, 7) is 1.91. The predicted octanol–water partition coefficient (Wildman–Crippen LogP) is 3.07. The third kappa shape index (κ3) is 4.60. The summed E-state index contributed by atoms with van der Waals surface area (Å²) in [6.07, 6.45) is 0.750. The Kier molecular flexibility index (Phi) is 5.97. The fourth-order valence-electron chi connectivity index (χ4n) is 1.73. The quantitative estimate of drug-likeness (QED) is 0.630. The molecule has 1 aromatic heterocycles. The number of hydrazone groups is 1. The van der Waals surface area contributed by atoms with Gasteiger partial charge in [0.15, 0.2) is 6.61 Å². The molecule has 0 aliphatic heterocycles. The van der Waals surface area contributed by atoms with Gasteiger partial charge >= 0.3 is 0 Å². The number of hydrogen-bond acceptors (Lipinski definition) is 5. The molecule has 0 aliphatic rings. The van der Waals surface area contributed by atoms with Crippen LogP contribution in [0.1, 0.15) is 18.2 Å². The molecule has 0 radical (unpaired) electrons. The fraction of sp³-hybridized carbons (Fsp3) is 0.250. The van der Waals surface area contributed by atoms with E-state index in [4.69, 9.17) is 9.47 Å². The van der Waals surface area contributed by atoms with E-state index in [0.717, 1.165) is 22.8 Å². The monoisotopic (exact) mass is 318 g/mol. The van der Waals surface area contributed by atoms with Gasteiger partial charge in [-0.05, 0) is 42.1 Å². The summed E-state index contributed by atoms with van der Waals surface area (Å²) in [5.41, 5.74) is 3.38. The molecule has 1 N–H and O–H groups in total. The number of thiophene rings is 1. The minimum atomic E-state index is -0.293. The van der Waals surface area contributed by atoms with Crippen LogP contribution in [-0.2, 0) is 4.79 Å². The fourth-order valence-corrected chi connectivity index (χ4v) is 2.52. The van der Waals surface area contributed by atoms with Crippen molar-refractivity contribution in [1.29, 1.82) is 0 Å². The Morgan fingerprint density at radius 3 is 2.55 bits per heavy atom. The van der Waals surface area contributed by atoms with Gasteiger partial charge in [0.1, 0.15) is 11.5 Å². The lowest BCUT2D eigenvalue weighted by Gasteiger charge is -2.06. The molecule has 5 nitrogen and oxygen atoms in total. The van der Waals surface area contributed by atoms with E-state index in [1.54, 1.807) is 42.7 Å². The lowest BCUT2D eigenvalue weighted by molar-refractivity contribution is -0.123. The Bertz CT molecular complexity index is 621. The van der Waals surface area contributed by atoms with Gasteiger partial charge in [0, 0.05) is 0 Å². The number of nitrogens with one attached hydrogen (secondary N) is 1. The van der Waals surface area contributed by atoms with E-state index in [2.05, 4.69) is 10.5 Å². The molecule has 0 spiro atoms. The first-order valence-electron chi connectivity index (χ1n) is 6.89. The van der Waals surface area contributed by atoms with Crippen LogP contribution in [0.2, 0.25) is 0 Å². The molecular formula is C16H18N2O3S. The van der Waals surface area contributed by atoms with Crippen LogP contribution in [0.3, 0.4) is 0 Å². The number of rotatable bonds is 7. The van der Waals surface area contributed by atoms with Gasteiger partial charge in [0.05, 0.1) is 17.7 Å². The maximum atomic E-state index is 11.8. The number of methoxy groups -OCH3 is 1. The average molecular weight is 318 g/mol. The van der Waals surface area contributed by atoms with Crippen LogP contribution in [0.25, 0.3) is 0 Å². The van der Waals surface area contributed by atoms with E-state index < -0.39 is 0 Å². The van der Waals surface area contributed by atoms with Gasteiger partial charge in [-0.3, -0.25) is 4.79 Å². The lowest BCUT2D eigenvalue weighted by Crippen LogP contribution is -2.25. The summed E-state index contributed by atoms with van der Waals surface area (Å²) in [6, 6.07) is 11.0. The number of carbonyl (C=O) groups excluding carboxylic acids is 1. The second kappa shape index (κ2) is 8.19. The molecule has 2 aromatic rings. The molecule has 0 fully saturated rings. The van der Waals surface area contributed by atoms with Gasteiger partial charge in [-0.25, -0.2) is 5.43 Å². The Morgan fingerprint density at radius 2 is 1.95 bits per heavy atom. The third-order valence-corrected chi connectivity index (χ3v) is 3.80. The Morgan fingerprint density at radius 1 is 1.23 bits per heavy atom. The van der Waals surface area contributed by atoms with Crippen molar-refractivity contribution in [1.82, 2.24) is 5.43 Å². The summed E-state index contributed by atoms with van der Waals surface area (Å²) >= 11 is 1.60. The van der Waals surface area contributed by atoms with Crippen molar-refractivity contribution in [3.05, 3.63) is 46.7 Å². The van der Waals surface area contributed by atoms with E-state index in [-0.39, 0.29) is 12.5 Å². The van der Waals surface area contributed by atoms with Gasteiger partial charge in [-0.1, -0.05) is 13.0 Å². The minimum Gasteiger partial charge on any atom is -0.497 e. The molecule has 0 bridgehead atoms. The molecule has 0 saturated heterocycles. The molecule has 1 aromatic carbocycles. The van der Waals surface area contributed by atoms with Crippen molar-refractivity contribution >= 4 is 23.0 Å². The molecule has 0 aliphatic carbocycles. The Hall–Kier alpha value is -2.34. The second-order valence-corrected chi connectivity index (χ2v) is 5.34. The van der Waals surface area contributed by atoms with E-state index in [0.29, 0.717) is 5.75 Å². The second-order valence-electron chi connectivity index (χ2n) is 4.39. The summed E-state index contributed by atoms with van der Waals surface area (Å²) in [4.78, 5) is 12.8. The Labute approximate surface area is 133 Å². The summed E-state index contributed by atoms with van der Waals surface area (Å²) in [5.74, 6) is 1.05. The van der Waals surface area contributed by atoms with Crippen LogP contribution in [-0.4, -0.2) is 25.3 Å². The molecule has 116 valence electrons. The van der Waals surface area contributed by atoms with Gasteiger partial charge < -0.3 is 9.47 Å². The van der Waals surface area contributed by atoms with Crippen LogP contribution in [0, 0.1) is 0 Å². The topological polar surface area (TPSA) is 59.9 Å². The van der Waals surface area contributed by atoms with Crippen molar-refractivity contribution in [2.75, 3.05) is 13.7 Å². The SMILES string of the molecule is CC/C(=N/NC(=O)COc1ccc(OC)cc1)c1cccs1. The number of amides is 1. The molecule has 1 amide bonds. The number of hydrogen-bond donors (Lipinski definition) is 1. The highest BCUT2D eigenvalue weighted by molar-refractivity contribution is 7.12. The van der Waals surface area contributed by atoms with Crippen LogP contribution >= 0.6 is 11.3 Å². The van der Waals surface area contributed by atoms with Crippen molar-refractivity contribution in [3.8, 4) is 11.5 Å². The number of nitrogens with zero attached hydrogens (tertiary/aromatic N) is 1. The van der Waals surface area contributed by atoms with E-state index in [1.807, 2.05) is 24.4 Å². The molecule has 0 saturated carbocycles. The zero-order valence-corrected chi connectivity index (χ0v) is 13.4. The normalized spacial score (nSPS) is 11.1. The smallest absolute Gasteiger partial charge is 0.277 e. The van der Waals surface area contributed by atoms with E-state index >= 15 is 0 Å². The molecule has 2 rings (SSSR count). The van der Waals surface area contributed by atoms with E-state index in [9.17, 15) is 4.79 Å². The van der Waals surface area contributed by atoms with E-state index in [1.165, 1.54) is 0 Å². The minimum absolute atomic E-state index is 0.0860. The van der Waals surface area contributed by atoms with Crippen LogP contribution in [0.4, 0.5) is 0 Å². The van der Waals surface area contributed by atoms with Gasteiger partial charge in [-0.15, -0.1) is 11.3 Å². The highest BCUT2D eigenvalue weighted by atomic mass is 32.1. The highest BCUT2D eigenvalue weighted by Gasteiger charge is 2.05. The predicted molar refractivity (Wildman–Crippen MR) is 87.8 cm³/mol. The van der Waals surface area contributed by atoms with Crippen LogP contribution < -0.4 is 14.9 Å². The van der Waals surface area contributed by atoms with Crippen molar-refractivity contribution in [3.63, 3.8) is 0 Å². The molecule has 0 unspecified atom stereocenters. The van der Waals surface area contributed by atoms with Crippen LogP contribution in [0.15, 0.2) is 46.9 Å². The first kappa shape index (κ1) is 16.0. The standard InChI is InChI=1S/C16H18N2O3S/c1-3-14(15-5-4-10-22-15)17-18-16(19)11-21-13-8-6-12(20-2)7-9-13/h4-10H,3,11H2,1-2H3,(H,18,19)/b17-14-. The van der Waals surface area contributed by atoms with Gasteiger partial charge in [0.25, 0.3) is 5.91 Å². The molecular weight excluding hydrogens is 300 g/mol. The van der Waals surface area contributed by atoms with Crippen LogP contribution in [0.5, 0.6) is 11.5 Å². The highest BCUT2D eigenvalue weighted by Crippen LogP contribution is 2.16. The molecule has 6 heteroatoms. The zero-order valence-electron chi connectivity index (χ0n) is 12.5. The molecule has 22 heavy (non-hydrogen) atoms. The average Bonchev–Trinajstić information content (AvgIpc) is 3.08. The Balaban J connectivity index is 1.84. The number of ether oxygens (including phenoxy) is 2. The zero-order chi connectivity index (χ0) is 15.8. The summed E-state index contributed by atoms with van der Waals surface area (Å²) in [7, 11) is 1.60.